The highest BCUT2D eigenvalue weighted by molar-refractivity contribution is 6.06. The molecule has 0 radical (unpaired) electrons. The van der Waals surface area contributed by atoms with Gasteiger partial charge in [0.15, 0.2) is 0 Å². The van der Waals surface area contributed by atoms with Crippen molar-refractivity contribution in [2.24, 2.45) is 0 Å². The van der Waals surface area contributed by atoms with Gasteiger partial charge in [0.25, 0.3) is 11.8 Å². The molecule has 0 unspecified atom stereocenters. The molecule has 0 spiro atoms. The van der Waals surface area contributed by atoms with Crippen molar-refractivity contribution < 1.29 is 23.9 Å². The number of carbonyl (C=O) groups is 4. The number of amides is 4. The molecule has 0 bridgehead atoms. The number of nitrogens with one attached hydrogen (secondary N) is 2. The Morgan fingerprint density at radius 2 is 1.72 bits per heavy atom. The normalized spacial score (nSPS) is 15.8. The van der Waals surface area contributed by atoms with Gasteiger partial charge in [-0.15, -0.1) is 0 Å². The number of imide groups is 1. The smallest absolute Gasteiger partial charge is 0.325 e. The Labute approximate surface area is 186 Å². The summed E-state index contributed by atoms with van der Waals surface area (Å²) in [6.07, 6.45) is -0.936. The highest BCUT2D eigenvalue weighted by Crippen LogP contribution is 2.22. The van der Waals surface area contributed by atoms with E-state index in [0.717, 1.165) is 10.5 Å². The minimum atomic E-state index is -1.12. The average Bonchev–Trinajstić information content (AvgIpc) is 2.95. The van der Waals surface area contributed by atoms with Crippen LogP contribution in [-0.2, 0) is 19.1 Å². The largest absolute Gasteiger partial charge is 0.447 e. The fourth-order valence-electron chi connectivity index (χ4n) is 3.34. The van der Waals surface area contributed by atoms with Crippen LogP contribution in [0.3, 0.4) is 0 Å². The number of hydrogen-bond acceptors (Lipinski definition) is 5. The Morgan fingerprint density at radius 1 is 1.06 bits per heavy atom. The monoisotopic (exact) mass is 437 g/mol. The molecule has 1 aliphatic rings. The third kappa shape index (κ3) is 5.51. The van der Waals surface area contributed by atoms with Crippen molar-refractivity contribution in [2.75, 3.05) is 11.9 Å². The van der Waals surface area contributed by atoms with Gasteiger partial charge in [-0.2, -0.15) is 0 Å². The summed E-state index contributed by atoms with van der Waals surface area (Å²) in [6, 6.07) is 15.6. The lowest BCUT2D eigenvalue weighted by Crippen LogP contribution is -2.40. The van der Waals surface area contributed by atoms with Gasteiger partial charge in [-0.05, 0) is 39.3 Å². The molecule has 1 atom stereocenters. The zero-order valence-corrected chi connectivity index (χ0v) is 18.4. The maximum absolute atomic E-state index is 12.9. The molecule has 0 aliphatic carbocycles. The molecule has 4 amide bonds. The summed E-state index contributed by atoms with van der Waals surface area (Å²) in [4.78, 5) is 50.6. The first-order valence-electron chi connectivity index (χ1n) is 10.4. The zero-order chi connectivity index (χ0) is 23.3. The lowest BCUT2D eigenvalue weighted by atomic mass is 10.1. The fraction of sp³-hybridized carbons (Fsp3) is 0.333. The second-order valence-electron chi connectivity index (χ2n) is 8.25. The predicted octanol–water partition coefficient (Wildman–Crippen LogP) is 3.33. The maximum Gasteiger partial charge on any atom is 0.325 e. The van der Waals surface area contributed by atoms with Gasteiger partial charge in [0.05, 0.1) is 0 Å². The molecule has 32 heavy (non-hydrogen) atoms. The Kier molecular flexibility index (Phi) is 6.92. The molecule has 3 rings (SSSR count). The molecule has 1 fully saturated rings. The number of ether oxygens (including phenoxy) is 1. The van der Waals surface area contributed by atoms with E-state index in [0.29, 0.717) is 11.3 Å². The molecular formula is C24H27N3O5. The lowest BCUT2D eigenvalue weighted by molar-refractivity contribution is -0.155. The summed E-state index contributed by atoms with van der Waals surface area (Å²) < 4.78 is 5.50. The molecule has 0 aromatic heterocycles. The van der Waals surface area contributed by atoms with E-state index in [1.807, 2.05) is 19.1 Å². The number of hydrogen-bond donors (Lipinski definition) is 2. The molecule has 2 N–H and O–H groups in total. The Balaban J connectivity index is 1.61. The summed E-state index contributed by atoms with van der Waals surface area (Å²) in [5.74, 6) is -1.40. The van der Waals surface area contributed by atoms with Crippen LogP contribution in [0.2, 0.25) is 0 Å². The summed E-state index contributed by atoms with van der Waals surface area (Å²) in [5, 5.41) is 5.37. The van der Waals surface area contributed by atoms with E-state index in [1.165, 1.54) is 0 Å². The average molecular weight is 437 g/mol. The predicted molar refractivity (Wildman–Crippen MR) is 119 cm³/mol. The number of carbonyl (C=O) groups excluding carboxylic acids is 4. The summed E-state index contributed by atoms with van der Waals surface area (Å²) in [7, 11) is 0. The first-order valence-corrected chi connectivity index (χ1v) is 10.4. The van der Waals surface area contributed by atoms with Crippen molar-refractivity contribution in [1.29, 1.82) is 0 Å². The first-order chi connectivity index (χ1) is 15.2. The van der Waals surface area contributed by atoms with E-state index < -0.39 is 29.6 Å². The standard InChI is InChI=1S/C24H27N3O5/c1-16-11-13-18(14-12-16)25-21(29)20(17-8-5-4-6-9-17)32-19(28)10-7-15-27-22(30)24(2,3)26-23(27)31/h4-6,8-9,11-14,20H,7,10,15H2,1-3H3,(H,25,29)(H,26,31)/t20-/m1/s1. The third-order valence-electron chi connectivity index (χ3n) is 5.12. The van der Waals surface area contributed by atoms with Crippen LogP contribution in [0.15, 0.2) is 54.6 Å². The second-order valence-corrected chi connectivity index (χ2v) is 8.25. The van der Waals surface area contributed by atoms with Crippen molar-refractivity contribution >= 4 is 29.5 Å². The van der Waals surface area contributed by atoms with Crippen LogP contribution in [0.1, 0.15) is 43.9 Å². The van der Waals surface area contributed by atoms with Crippen molar-refractivity contribution in [3.63, 3.8) is 0 Å². The number of urea groups is 1. The van der Waals surface area contributed by atoms with Crippen molar-refractivity contribution in [2.45, 2.75) is 45.3 Å². The SMILES string of the molecule is Cc1ccc(NC(=O)[C@H](OC(=O)CCCN2C(=O)NC(C)(C)C2=O)c2ccccc2)cc1. The molecule has 0 saturated carbocycles. The van der Waals surface area contributed by atoms with Gasteiger partial charge in [-0.3, -0.25) is 19.3 Å². The Hall–Kier alpha value is -3.68. The van der Waals surface area contributed by atoms with Gasteiger partial charge in [-0.1, -0.05) is 48.0 Å². The number of nitrogens with zero attached hydrogens (tertiary/aromatic N) is 1. The van der Waals surface area contributed by atoms with E-state index in [2.05, 4.69) is 10.6 Å². The van der Waals surface area contributed by atoms with Crippen LogP contribution in [0.5, 0.6) is 0 Å². The van der Waals surface area contributed by atoms with Gasteiger partial charge >= 0.3 is 12.0 Å². The molecule has 2 aromatic carbocycles. The highest BCUT2D eigenvalue weighted by Gasteiger charge is 2.43. The van der Waals surface area contributed by atoms with E-state index in [1.54, 1.807) is 56.3 Å². The molecule has 8 nitrogen and oxygen atoms in total. The summed E-state index contributed by atoms with van der Waals surface area (Å²) in [5.41, 5.74) is 1.24. The van der Waals surface area contributed by atoms with Crippen LogP contribution in [0.25, 0.3) is 0 Å². The van der Waals surface area contributed by atoms with Crippen LogP contribution in [0.4, 0.5) is 10.5 Å². The van der Waals surface area contributed by atoms with E-state index in [4.69, 9.17) is 4.74 Å². The molecule has 1 heterocycles. The molecule has 1 aliphatic heterocycles. The third-order valence-corrected chi connectivity index (χ3v) is 5.12. The fourth-order valence-corrected chi connectivity index (χ4v) is 3.34. The molecule has 2 aromatic rings. The van der Waals surface area contributed by atoms with Crippen molar-refractivity contribution in [1.82, 2.24) is 10.2 Å². The lowest BCUT2D eigenvalue weighted by Gasteiger charge is -2.19. The quantitative estimate of drug-likeness (QED) is 0.487. The zero-order valence-electron chi connectivity index (χ0n) is 18.4. The molecule has 8 heteroatoms. The second kappa shape index (κ2) is 9.64. The summed E-state index contributed by atoms with van der Waals surface area (Å²) in [6.45, 7) is 5.28. The summed E-state index contributed by atoms with van der Waals surface area (Å²) >= 11 is 0. The number of aryl methyl sites for hydroxylation is 1. The first kappa shape index (κ1) is 23.0. The van der Waals surface area contributed by atoms with E-state index >= 15 is 0 Å². The van der Waals surface area contributed by atoms with Crippen LogP contribution in [0, 0.1) is 6.92 Å². The minimum Gasteiger partial charge on any atom is -0.447 e. The minimum absolute atomic E-state index is 0.0430. The maximum atomic E-state index is 12.9. The van der Waals surface area contributed by atoms with Gasteiger partial charge in [-0.25, -0.2) is 4.79 Å². The number of rotatable bonds is 8. The van der Waals surface area contributed by atoms with Gasteiger partial charge in [0, 0.05) is 24.2 Å². The van der Waals surface area contributed by atoms with Gasteiger partial charge < -0.3 is 15.4 Å². The van der Waals surface area contributed by atoms with E-state index in [9.17, 15) is 19.2 Å². The van der Waals surface area contributed by atoms with Crippen molar-refractivity contribution in [3.05, 3.63) is 65.7 Å². The number of esters is 1. The molecule has 1 saturated heterocycles. The van der Waals surface area contributed by atoms with Crippen LogP contribution < -0.4 is 10.6 Å². The Bertz CT molecular complexity index is 1000. The van der Waals surface area contributed by atoms with Crippen LogP contribution in [-0.4, -0.2) is 40.8 Å². The topological polar surface area (TPSA) is 105 Å². The van der Waals surface area contributed by atoms with Crippen LogP contribution >= 0.6 is 0 Å². The number of benzene rings is 2. The Morgan fingerprint density at radius 3 is 2.31 bits per heavy atom. The van der Waals surface area contributed by atoms with Gasteiger partial charge in [0.1, 0.15) is 5.54 Å². The molecule has 168 valence electrons. The molecular weight excluding hydrogens is 410 g/mol. The van der Waals surface area contributed by atoms with E-state index in [-0.39, 0.29) is 25.3 Å². The van der Waals surface area contributed by atoms with Gasteiger partial charge in [0.2, 0.25) is 6.10 Å². The van der Waals surface area contributed by atoms with Crippen molar-refractivity contribution in [3.8, 4) is 0 Å². The highest BCUT2D eigenvalue weighted by atomic mass is 16.5. The number of anilines is 1.